The average Bonchev–Trinajstić information content (AvgIpc) is 2.66. The third kappa shape index (κ3) is 2.28. The van der Waals surface area contributed by atoms with Crippen LogP contribution in [-0.2, 0) is 10.4 Å². The van der Waals surface area contributed by atoms with Crippen LogP contribution in [0.4, 0.5) is 5.69 Å². The molecule has 0 aliphatic heterocycles. The number of rotatable bonds is 2. The van der Waals surface area contributed by atoms with Crippen molar-refractivity contribution in [2.24, 2.45) is 0 Å². The van der Waals surface area contributed by atoms with Gasteiger partial charge in [0.25, 0.3) is 0 Å². The summed E-state index contributed by atoms with van der Waals surface area (Å²) in [6.45, 7) is 1.49. The van der Waals surface area contributed by atoms with Gasteiger partial charge in [-0.25, -0.2) is 0 Å². The average molecular weight is 239 g/mol. The van der Waals surface area contributed by atoms with Crippen LogP contribution in [0.3, 0.4) is 0 Å². The highest BCUT2D eigenvalue weighted by Gasteiger charge is 2.34. The standard InChI is InChI=1S/C12H17NO2S/c1-9(14)13-10-5-8-16-11(10)12(15)6-3-2-4-7-12/h5,8,15H,2-4,6-7H2,1H3,(H,13,14). The first-order valence-electron chi connectivity index (χ1n) is 5.70. The topological polar surface area (TPSA) is 49.3 Å². The summed E-state index contributed by atoms with van der Waals surface area (Å²) in [6, 6.07) is 1.87. The van der Waals surface area contributed by atoms with Crippen LogP contribution in [0.1, 0.15) is 43.9 Å². The minimum atomic E-state index is -0.718. The zero-order valence-electron chi connectivity index (χ0n) is 9.45. The Labute approximate surface area is 99.5 Å². The zero-order chi connectivity index (χ0) is 11.6. The van der Waals surface area contributed by atoms with Crippen molar-refractivity contribution >= 4 is 22.9 Å². The van der Waals surface area contributed by atoms with Crippen LogP contribution >= 0.6 is 11.3 Å². The second kappa shape index (κ2) is 4.55. The number of hydrogen-bond acceptors (Lipinski definition) is 3. The number of nitrogens with one attached hydrogen (secondary N) is 1. The van der Waals surface area contributed by atoms with Crippen LogP contribution < -0.4 is 5.32 Å². The van der Waals surface area contributed by atoms with Crippen LogP contribution in [0.15, 0.2) is 11.4 Å². The predicted molar refractivity (Wildman–Crippen MR) is 65.6 cm³/mol. The maximum absolute atomic E-state index is 11.1. The summed E-state index contributed by atoms with van der Waals surface area (Å²) in [5.74, 6) is -0.0842. The second-order valence-corrected chi connectivity index (χ2v) is 5.35. The molecule has 0 unspecified atom stereocenters. The number of carbonyl (C=O) groups is 1. The van der Waals surface area contributed by atoms with Gasteiger partial charge in [0, 0.05) is 6.92 Å². The summed E-state index contributed by atoms with van der Waals surface area (Å²) in [4.78, 5) is 12.0. The molecule has 1 aromatic rings. The van der Waals surface area contributed by atoms with Gasteiger partial charge in [-0.3, -0.25) is 4.79 Å². The van der Waals surface area contributed by atoms with E-state index < -0.39 is 5.60 Å². The van der Waals surface area contributed by atoms with Crippen molar-refractivity contribution < 1.29 is 9.90 Å². The lowest BCUT2D eigenvalue weighted by molar-refractivity contribution is -0.114. The molecule has 0 bridgehead atoms. The van der Waals surface area contributed by atoms with E-state index in [0.717, 1.165) is 36.2 Å². The third-order valence-corrected chi connectivity index (χ3v) is 4.19. The van der Waals surface area contributed by atoms with Gasteiger partial charge in [0.1, 0.15) is 5.60 Å². The molecule has 1 aliphatic rings. The molecule has 0 radical (unpaired) electrons. The smallest absolute Gasteiger partial charge is 0.221 e. The van der Waals surface area contributed by atoms with E-state index >= 15 is 0 Å². The Morgan fingerprint density at radius 3 is 2.75 bits per heavy atom. The van der Waals surface area contributed by atoms with E-state index in [1.807, 2.05) is 11.4 Å². The van der Waals surface area contributed by atoms with Crippen molar-refractivity contribution in [2.45, 2.75) is 44.6 Å². The summed E-state index contributed by atoms with van der Waals surface area (Å²) < 4.78 is 0. The fraction of sp³-hybridized carbons (Fsp3) is 0.583. The van der Waals surface area contributed by atoms with Crippen LogP contribution in [0.2, 0.25) is 0 Å². The van der Waals surface area contributed by atoms with Crippen molar-refractivity contribution in [3.05, 3.63) is 16.3 Å². The molecule has 2 rings (SSSR count). The summed E-state index contributed by atoms with van der Waals surface area (Å²) >= 11 is 1.53. The molecule has 1 heterocycles. The van der Waals surface area contributed by atoms with E-state index in [9.17, 15) is 9.90 Å². The molecule has 0 spiro atoms. The minimum absolute atomic E-state index is 0.0842. The van der Waals surface area contributed by atoms with Crippen LogP contribution in [-0.4, -0.2) is 11.0 Å². The molecule has 3 nitrogen and oxygen atoms in total. The number of thiophene rings is 1. The summed E-state index contributed by atoms with van der Waals surface area (Å²) in [5, 5.41) is 15.3. The first kappa shape index (κ1) is 11.6. The van der Waals surface area contributed by atoms with Crippen molar-refractivity contribution in [2.75, 3.05) is 5.32 Å². The van der Waals surface area contributed by atoms with Crippen molar-refractivity contribution in [3.63, 3.8) is 0 Å². The van der Waals surface area contributed by atoms with E-state index in [2.05, 4.69) is 5.32 Å². The van der Waals surface area contributed by atoms with Crippen molar-refractivity contribution in [1.29, 1.82) is 0 Å². The lowest BCUT2D eigenvalue weighted by Gasteiger charge is -2.32. The Bertz CT molecular complexity index is 380. The maximum Gasteiger partial charge on any atom is 0.221 e. The Hall–Kier alpha value is -0.870. The Kier molecular flexibility index (Phi) is 3.30. The Morgan fingerprint density at radius 2 is 2.12 bits per heavy atom. The molecule has 1 fully saturated rings. The molecule has 1 saturated carbocycles. The SMILES string of the molecule is CC(=O)Nc1ccsc1C1(O)CCCCC1. The number of hydrogen-bond donors (Lipinski definition) is 2. The van der Waals surface area contributed by atoms with Gasteiger partial charge in [-0.2, -0.15) is 0 Å². The van der Waals surface area contributed by atoms with E-state index in [1.54, 1.807) is 0 Å². The highest BCUT2D eigenvalue weighted by molar-refractivity contribution is 7.10. The maximum atomic E-state index is 11.1. The first-order valence-corrected chi connectivity index (χ1v) is 6.58. The zero-order valence-corrected chi connectivity index (χ0v) is 10.3. The Morgan fingerprint density at radius 1 is 1.44 bits per heavy atom. The van der Waals surface area contributed by atoms with Gasteiger partial charge in [-0.1, -0.05) is 19.3 Å². The fourth-order valence-corrected chi connectivity index (χ4v) is 3.33. The van der Waals surface area contributed by atoms with E-state index in [0.29, 0.717) is 0 Å². The molecular formula is C12H17NO2S. The molecule has 0 aromatic carbocycles. The van der Waals surface area contributed by atoms with Gasteiger partial charge in [0.2, 0.25) is 5.91 Å². The Balaban J connectivity index is 2.24. The number of anilines is 1. The number of carbonyl (C=O) groups excluding carboxylic acids is 1. The van der Waals surface area contributed by atoms with Gasteiger partial charge in [0.05, 0.1) is 10.6 Å². The fourth-order valence-electron chi connectivity index (χ4n) is 2.32. The van der Waals surface area contributed by atoms with Gasteiger partial charge in [-0.05, 0) is 24.3 Å². The van der Waals surface area contributed by atoms with Gasteiger partial charge < -0.3 is 10.4 Å². The molecule has 88 valence electrons. The molecule has 0 atom stereocenters. The van der Waals surface area contributed by atoms with Crippen LogP contribution in [0.25, 0.3) is 0 Å². The normalized spacial score (nSPS) is 19.4. The molecular weight excluding hydrogens is 222 g/mol. The molecule has 4 heteroatoms. The van der Waals surface area contributed by atoms with Crippen molar-refractivity contribution in [1.82, 2.24) is 0 Å². The number of aliphatic hydroxyl groups is 1. The van der Waals surface area contributed by atoms with E-state index in [1.165, 1.54) is 24.7 Å². The predicted octanol–water partition coefficient (Wildman–Crippen LogP) is 2.86. The lowest BCUT2D eigenvalue weighted by atomic mass is 9.83. The van der Waals surface area contributed by atoms with Crippen LogP contribution in [0.5, 0.6) is 0 Å². The molecule has 16 heavy (non-hydrogen) atoms. The quantitative estimate of drug-likeness (QED) is 0.833. The summed E-state index contributed by atoms with van der Waals surface area (Å²) in [6.07, 6.45) is 4.94. The lowest BCUT2D eigenvalue weighted by Crippen LogP contribution is -2.28. The number of amides is 1. The molecule has 2 N–H and O–H groups in total. The van der Waals surface area contributed by atoms with E-state index in [-0.39, 0.29) is 5.91 Å². The van der Waals surface area contributed by atoms with E-state index in [4.69, 9.17) is 0 Å². The molecule has 1 amide bonds. The molecule has 1 aromatic heterocycles. The van der Waals surface area contributed by atoms with Gasteiger partial charge >= 0.3 is 0 Å². The monoisotopic (exact) mass is 239 g/mol. The van der Waals surface area contributed by atoms with Crippen LogP contribution in [0, 0.1) is 0 Å². The molecule has 1 aliphatic carbocycles. The highest BCUT2D eigenvalue weighted by atomic mass is 32.1. The molecule has 0 saturated heterocycles. The minimum Gasteiger partial charge on any atom is -0.384 e. The first-order chi connectivity index (χ1) is 7.62. The van der Waals surface area contributed by atoms with Gasteiger partial charge in [-0.15, -0.1) is 11.3 Å². The summed E-state index contributed by atoms with van der Waals surface area (Å²) in [5.41, 5.74) is 0.0615. The van der Waals surface area contributed by atoms with Gasteiger partial charge in [0.15, 0.2) is 0 Å². The second-order valence-electron chi connectivity index (χ2n) is 4.44. The van der Waals surface area contributed by atoms with Crippen molar-refractivity contribution in [3.8, 4) is 0 Å². The highest BCUT2D eigenvalue weighted by Crippen LogP contribution is 2.43. The summed E-state index contributed by atoms with van der Waals surface area (Å²) in [7, 11) is 0. The largest absolute Gasteiger partial charge is 0.384 e. The third-order valence-electron chi connectivity index (χ3n) is 3.08.